The van der Waals surface area contributed by atoms with Crippen molar-refractivity contribution in [2.45, 2.75) is 0 Å². The molecule has 0 atom stereocenters. The first-order chi connectivity index (χ1) is 12.4. The van der Waals surface area contributed by atoms with Crippen LogP contribution in [-0.2, 0) is 0 Å². The Kier molecular flexibility index (Phi) is 5.81. The molecule has 1 N–H and O–H groups in total. The van der Waals surface area contributed by atoms with Crippen LogP contribution in [0.1, 0.15) is 20.7 Å². The van der Waals surface area contributed by atoms with E-state index in [-0.39, 0.29) is 11.8 Å². The Morgan fingerprint density at radius 3 is 2.00 bits per heavy atom. The van der Waals surface area contributed by atoms with E-state index in [4.69, 9.17) is 23.2 Å². The van der Waals surface area contributed by atoms with Crippen LogP contribution in [0, 0.1) is 0 Å². The second-order valence-electron chi connectivity index (χ2n) is 6.29. The largest absolute Gasteiger partial charge is 0.336 e. The Morgan fingerprint density at radius 1 is 0.885 bits per heavy atom. The van der Waals surface area contributed by atoms with Gasteiger partial charge in [0, 0.05) is 53.0 Å². The monoisotopic (exact) mass is 391 g/mol. The molecule has 0 aliphatic carbocycles. The molecule has 1 fully saturated rings. The van der Waals surface area contributed by atoms with Gasteiger partial charge in [0.15, 0.2) is 0 Å². The van der Waals surface area contributed by atoms with E-state index in [1.54, 1.807) is 42.5 Å². The first-order valence-corrected chi connectivity index (χ1v) is 9.03. The van der Waals surface area contributed by atoms with E-state index in [2.05, 4.69) is 10.2 Å². The van der Waals surface area contributed by atoms with E-state index >= 15 is 0 Å². The van der Waals surface area contributed by atoms with Gasteiger partial charge in [0.1, 0.15) is 0 Å². The van der Waals surface area contributed by atoms with Crippen molar-refractivity contribution in [1.82, 2.24) is 9.80 Å². The number of benzene rings is 2. The number of likely N-dealkylation sites (N-methyl/N-ethyl adjacent to an activating group) is 1. The van der Waals surface area contributed by atoms with Crippen LogP contribution in [-0.4, -0.2) is 54.8 Å². The molecule has 0 saturated carbocycles. The molecule has 0 unspecified atom stereocenters. The third-order valence-electron chi connectivity index (χ3n) is 4.30. The number of amides is 2. The first kappa shape index (κ1) is 18.7. The summed E-state index contributed by atoms with van der Waals surface area (Å²) in [5.74, 6) is -0.298. The molecule has 1 aliphatic rings. The van der Waals surface area contributed by atoms with Crippen LogP contribution in [0.5, 0.6) is 0 Å². The molecule has 0 spiro atoms. The van der Waals surface area contributed by atoms with Crippen molar-refractivity contribution >= 4 is 40.7 Å². The zero-order valence-electron chi connectivity index (χ0n) is 14.3. The summed E-state index contributed by atoms with van der Waals surface area (Å²) in [5, 5.41) is 3.64. The Hall–Kier alpha value is -2.08. The fraction of sp³-hybridized carbons (Fsp3) is 0.263. The number of rotatable bonds is 3. The first-order valence-electron chi connectivity index (χ1n) is 8.28. The van der Waals surface area contributed by atoms with Gasteiger partial charge in [-0.25, -0.2) is 0 Å². The lowest BCUT2D eigenvalue weighted by molar-refractivity contribution is 0.0664. The average molecular weight is 392 g/mol. The molecule has 0 aromatic heterocycles. The topological polar surface area (TPSA) is 52.7 Å². The van der Waals surface area contributed by atoms with Crippen LogP contribution in [0.3, 0.4) is 0 Å². The van der Waals surface area contributed by atoms with Gasteiger partial charge in [-0.15, -0.1) is 0 Å². The summed E-state index contributed by atoms with van der Waals surface area (Å²) in [6.07, 6.45) is 0. The minimum absolute atomic E-state index is 0.00770. The van der Waals surface area contributed by atoms with Crippen molar-refractivity contribution in [3.63, 3.8) is 0 Å². The molecule has 3 rings (SSSR count). The second kappa shape index (κ2) is 8.08. The Morgan fingerprint density at radius 2 is 1.42 bits per heavy atom. The van der Waals surface area contributed by atoms with Crippen LogP contribution in [0.4, 0.5) is 5.69 Å². The summed E-state index contributed by atoms with van der Waals surface area (Å²) < 4.78 is 0. The number of carbonyl (C=O) groups is 2. The normalized spacial score (nSPS) is 15.0. The number of hydrogen-bond acceptors (Lipinski definition) is 3. The number of hydrogen-bond donors (Lipinski definition) is 1. The molecule has 5 nitrogen and oxygen atoms in total. The highest BCUT2D eigenvalue weighted by molar-refractivity contribution is 6.35. The number of halogens is 2. The smallest absolute Gasteiger partial charge is 0.255 e. The SMILES string of the molecule is CN1CCN(C(=O)c2ccc(C(=O)Nc3cc(Cl)cc(Cl)c3)cc2)CC1. The molecule has 2 aromatic carbocycles. The van der Waals surface area contributed by atoms with E-state index in [0.717, 1.165) is 13.1 Å². The highest BCUT2D eigenvalue weighted by Crippen LogP contribution is 2.23. The highest BCUT2D eigenvalue weighted by Gasteiger charge is 2.20. The third-order valence-corrected chi connectivity index (χ3v) is 4.74. The molecule has 1 aliphatic heterocycles. The molecule has 2 amide bonds. The molecular formula is C19H19Cl2N3O2. The quantitative estimate of drug-likeness (QED) is 0.868. The fourth-order valence-electron chi connectivity index (χ4n) is 2.79. The van der Waals surface area contributed by atoms with Crippen molar-refractivity contribution in [3.05, 3.63) is 63.6 Å². The molecule has 1 saturated heterocycles. The number of piperazine rings is 1. The molecule has 2 aromatic rings. The third kappa shape index (κ3) is 4.55. The minimum Gasteiger partial charge on any atom is -0.336 e. The zero-order chi connectivity index (χ0) is 18.7. The highest BCUT2D eigenvalue weighted by atomic mass is 35.5. The summed E-state index contributed by atoms with van der Waals surface area (Å²) in [7, 11) is 2.04. The Balaban J connectivity index is 1.66. The summed E-state index contributed by atoms with van der Waals surface area (Å²) in [4.78, 5) is 28.9. The van der Waals surface area contributed by atoms with E-state index in [1.165, 1.54) is 0 Å². The molecule has 136 valence electrons. The van der Waals surface area contributed by atoms with E-state index in [9.17, 15) is 9.59 Å². The van der Waals surface area contributed by atoms with Gasteiger partial charge in [-0.1, -0.05) is 23.2 Å². The van der Waals surface area contributed by atoms with Gasteiger partial charge in [0.25, 0.3) is 11.8 Å². The van der Waals surface area contributed by atoms with Crippen molar-refractivity contribution in [2.75, 3.05) is 38.5 Å². The van der Waals surface area contributed by atoms with Crippen LogP contribution < -0.4 is 5.32 Å². The summed E-state index contributed by atoms with van der Waals surface area (Å²) in [6.45, 7) is 3.17. The maximum Gasteiger partial charge on any atom is 0.255 e. The van der Waals surface area contributed by atoms with Crippen molar-refractivity contribution in [2.24, 2.45) is 0 Å². The molecular weight excluding hydrogens is 373 g/mol. The van der Waals surface area contributed by atoms with Crippen LogP contribution in [0.15, 0.2) is 42.5 Å². The molecule has 7 heteroatoms. The number of anilines is 1. The van der Waals surface area contributed by atoms with Gasteiger partial charge in [0.05, 0.1) is 0 Å². The molecule has 1 heterocycles. The Labute approximate surface area is 162 Å². The maximum atomic E-state index is 12.5. The summed E-state index contributed by atoms with van der Waals surface area (Å²) in [5.41, 5.74) is 1.55. The van der Waals surface area contributed by atoms with E-state index < -0.39 is 0 Å². The van der Waals surface area contributed by atoms with Gasteiger partial charge >= 0.3 is 0 Å². The van der Waals surface area contributed by atoms with Gasteiger partial charge in [-0.3, -0.25) is 9.59 Å². The second-order valence-corrected chi connectivity index (χ2v) is 7.16. The Bertz CT molecular complexity index is 796. The summed E-state index contributed by atoms with van der Waals surface area (Å²) >= 11 is 11.9. The fourth-order valence-corrected chi connectivity index (χ4v) is 3.31. The minimum atomic E-state index is -0.290. The van der Waals surface area contributed by atoms with Crippen LogP contribution in [0.25, 0.3) is 0 Å². The zero-order valence-corrected chi connectivity index (χ0v) is 15.8. The predicted molar refractivity (Wildman–Crippen MR) is 104 cm³/mol. The van der Waals surface area contributed by atoms with Crippen LogP contribution >= 0.6 is 23.2 Å². The molecule has 26 heavy (non-hydrogen) atoms. The van der Waals surface area contributed by atoms with Gasteiger partial charge in [-0.05, 0) is 49.5 Å². The lowest BCUT2D eigenvalue weighted by Crippen LogP contribution is -2.47. The van der Waals surface area contributed by atoms with Crippen molar-refractivity contribution in [3.8, 4) is 0 Å². The lowest BCUT2D eigenvalue weighted by atomic mass is 10.1. The predicted octanol–water partition coefficient (Wildman–Crippen LogP) is 3.63. The standard InChI is InChI=1S/C19H19Cl2N3O2/c1-23-6-8-24(9-7-23)19(26)14-4-2-13(3-5-14)18(25)22-17-11-15(20)10-16(21)12-17/h2-5,10-12H,6-9H2,1H3,(H,22,25). The summed E-state index contributed by atoms with van der Waals surface area (Å²) in [6, 6.07) is 11.5. The van der Waals surface area contributed by atoms with E-state index in [0.29, 0.717) is 39.9 Å². The van der Waals surface area contributed by atoms with E-state index in [1.807, 2.05) is 11.9 Å². The molecule has 0 bridgehead atoms. The maximum absolute atomic E-state index is 12.5. The molecule has 0 radical (unpaired) electrons. The number of nitrogens with one attached hydrogen (secondary N) is 1. The van der Waals surface area contributed by atoms with Gasteiger partial charge in [0.2, 0.25) is 0 Å². The van der Waals surface area contributed by atoms with Gasteiger partial charge in [-0.2, -0.15) is 0 Å². The van der Waals surface area contributed by atoms with Crippen molar-refractivity contribution < 1.29 is 9.59 Å². The number of nitrogens with zero attached hydrogens (tertiary/aromatic N) is 2. The van der Waals surface area contributed by atoms with Gasteiger partial charge < -0.3 is 15.1 Å². The van der Waals surface area contributed by atoms with Crippen molar-refractivity contribution in [1.29, 1.82) is 0 Å². The van der Waals surface area contributed by atoms with Crippen LogP contribution in [0.2, 0.25) is 10.0 Å². The number of carbonyl (C=O) groups excluding carboxylic acids is 2. The average Bonchev–Trinajstić information content (AvgIpc) is 2.61. The lowest BCUT2D eigenvalue weighted by Gasteiger charge is -2.32.